The Kier molecular flexibility index (Phi) is 5.35. The molecule has 2 heterocycles. The normalized spacial score (nSPS) is 11.0. The van der Waals surface area contributed by atoms with Crippen molar-refractivity contribution in [1.29, 1.82) is 0 Å². The second-order valence-corrected chi connectivity index (χ2v) is 9.36. The molecule has 0 aliphatic rings. The molecule has 4 aromatic rings. The number of halogens is 1. The lowest BCUT2D eigenvalue weighted by molar-refractivity contribution is -0.113. The lowest BCUT2D eigenvalue weighted by Gasteiger charge is -2.00. The quantitative estimate of drug-likeness (QED) is 0.375. The summed E-state index contributed by atoms with van der Waals surface area (Å²) in [4.78, 5) is 21.2. The highest BCUT2D eigenvalue weighted by molar-refractivity contribution is 9.10. The van der Waals surface area contributed by atoms with Gasteiger partial charge in [-0.05, 0) is 24.3 Å². The maximum atomic E-state index is 12.2. The molecular weight excluding hydrogens is 450 g/mol. The molecule has 0 radical (unpaired) electrons. The predicted octanol–water partition coefficient (Wildman–Crippen LogP) is 5.91. The van der Waals surface area contributed by atoms with Gasteiger partial charge in [0.1, 0.15) is 0 Å². The number of aromatic nitrogens is 2. The second kappa shape index (κ2) is 7.87. The topological polar surface area (TPSA) is 54.9 Å². The fraction of sp³-hybridized carbons (Fsp3) is 0.0556. The summed E-state index contributed by atoms with van der Waals surface area (Å²) in [5.41, 5.74) is 2.85. The van der Waals surface area contributed by atoms with Crippen LogP contribution in [-0.4, -0.2) is 21.6 Å². The molecule has 1 N–H and O–H groups in total. The molecule has 0 bridgehead atoms. The van der Waals surface area contributed by atoms with Crippen LogP contribution in [0.15, 0.2) is 62.7 Å². The van der Waals surface area contributed by atoms with Crippen LogP contribution >= 0.6 is 50.4 Å². The Morgan fingerprint density at radius 2 is 1.92 bits per heavy atom. The third-order valence-electron chi connectivity index (χ3n) is 3.49. The molecule has 0 saturated heterocycles. The largest absolute Gasteiger partial charge is 0.301 e. The highest BCUT2D eigenvalue weighted by atomic mass is 79.9. The van der Waals surface area contributed by atoms with E-state index < -0.39 is 0 Å². The molecule has 4 nitrogen and oxygen atoms in total. The fourth-order valence-electron chi connectivity index (χ4n) is 2.28. The highest BCUT2D eigenvalue weighted by Crippen LogP contribution is 2.30. The first-order valence-corrected chi connectivity index (χ1v) is 11.1. The van der Waals surface area contributed by atoms with Gasteiger partial charge >= 0.3 is 0 Å². The van der Waals surface area contributed by atoms with Crippen LogP contribution in [0, 0.1) is 0 Å². The minimum absolute atomic E-state index is 0.0778. The minimum Gasteiger partial charge on any atom is -0.301 e. The average molecular weight is 462 g/mol. The number of carbonyl (C=O) groups is 1. The molecule has 8 heteroatoms. The number of thioether (sulfide) groups is 1. The third kappa shape index (κ3) is 4.15. The van der Waals surface area contributed by atoms with Crippen molar-refractivity contribution in [3.8, 4) is 11.3 Å². The molecule has 2 aromatic carbocycles. The van der Waals surface area contributed by atoms with E-state index in [1.165, 1.54) is 23.1 Å². The van der Waals surface area contributed by atoms with E-state index in [1.807, 2.05) is 53.9 Å². The molecule has 0 unspecified atom stereocenters. The third-order valence-corrected chi connectivity index (χ3v) is 6.96. The van der Waals surface area contributed by atoms with Gasteiger partial charge in [-0.15, -0.1) is 22.7 Å². The molecule has 0 saturated carbocycles. The SMILES string of the molecule is O=C(CSc1nc2ccccc2s1)Nc1nc(-c2ccc(Br)cc2)cs1. The minimum atomic E-state index is -0.0778. The van der Waals surface area contributed by atoms with Gasteiger partial charge in [-0.2, -0.15) is 0 Å². The zero-order valence-electron chi connectivity index (χ0n) is 13.3. The molecule has 2 aromatic heterocycles. The number of thiazole rings is 2. The van der Waals surface area contributed by atoms with Crippen molar-refractivity contribution in [2.45, 2.75) is 4.34 Å². The summed E-state index contributed by atoms with van der Waals surface area (Å²) in [6.07, 6.45) is 0. The Morgan fingerprint density at radius 3 is 2.73 bits per heavy atom. The van der Waals surface area contributed by atoms with Crippen LogP contribution in [0.5, 0.6) is 0 Å². The summed E-state index contributed by atoms with van der Waals surface area (Å²) in [5, 5.41) is 5.42. The molecule has 4 rings (SSSR count). The fourth-order valence-corrected chi connectivity index (χ4v) is 5.15. The second-order valence-electron chi connectivity index (χ2n) is 5.33. The molecular formula is C18H12BrN3OS3. The number of carbonyl (C=O) groups excluding carboxylic acids is 1. The maximum absolute atomic E-state index is 12.2. The van der Waals surface area contributed by atoms with Gasteiger partial charge in [0, 0.05) is 15.4 Å². The van der Waals surface area contributed by atoms with Crippen LogP contribution < -0.4 is 5.32 Å². The summed E-state index contributed by atoms with van der Waals surface area (Å²) in [5.74, 6) is 0.235. The van der Waals surface area contributed by atoms with Gasteiger partial charge in [0.25, 0.3) is 0 Å². The smallest absolute Gasteiger partial charge is 0.236 e. The Morgan fingerprint density at radius 1 is 1.12 bits per heavy atom. The van der Waals surface area contributed by atoms with E-state index in [2.05, 4.69) is 31.2 Å². The van der Waals surface area contributed by atoms with Crippen molar-refractivity contribution in [3.63, 3.8) is 0 Å². The first kappa shape index (κ1) is 17.7. The van der Waals surface area contributed by atoms with Gasteiger partial charge in [-0.1, -0.05) is 52.0 Å². The molecule has 0 aliphatic heterocycles. The Hall–Kier alpha value is -1.74. The van der Waals surface area contributed by atoms with Crippen molar-refractivity contribution in [2.24, 2.45) is 0 Å². The molecule has 0 spiro atoms. The van der Waals surface area contributed by atoms with E-state index in [0.717, 1.165) is 30.3 Å². The van der Waals surface area contributed by atoms with Crippen molar-refractivity contribution in [3.05, 3.63) is 58.4 Å². The lowest BCUT2D eigenvalue weighted by atomic mass is 10.2. The van der Waals surface area contributed by atoms with Crippen LogP contribution in [0.2, 0.25) is 0 Å². The van der Waals surface area contributed by atoms with Crippen molar-refractivity contribution in [2.75, 3.05) is 11.1 Å². The predicted molar refractivity (Wildman–Crippen MR) is 114 cm³/mol. The molecule has 130 valence electrons. The molecule has 1 amide bonds. The first-order chi connectivity index (χ1) is 12.7. The van der Waals surface area contributed by atoms with Gasteiger partial charge in [0.2, 0.25) is 5.91 Å². The highest BCUT2D eigenvalue weighted by Gasteiger charge is 2.10. The number of benzene rings is 2. The summed E-state index contributed by atoms with van der Waals surface area (Å²) < 4.78 is 3.06. The zero-order chi connectivity index (χ0) is 17.9. The van der Waals surface area contributed by atoms with E-state index in [9.17, 15) is 4.79 Å². The number of hydrogen-bond donors (Lipinski definition) is 1. The number of anilines is 1. The van der Waals surface area contributed by atoms with Crippen molar-refractivity contribution in [1.82, 2.24) is 9.97 Å². The summed E-state index contributed by atoms with van der Waals surface area (Å²) in [6.45, 7) is 0. The Bertz CT molecular complexity index is 1030. The number of rotatable bonds is 5. The van der Waals surface area contributed by atoms with Gasteiger partial charge in [-0.3, -0.25) is 4.79 Å². The maximum Gasteiger partial charge on any atom is 0.236 e. The van der Waals surface area contributed by atoms with Gasteiger partial charge in [0.15, 0.2) is 9.47 Å². The number of amides is 1. The molecule has 0 fully saturated rings. The summed E-state index contributed by atoms with van der Waals surface area (Å²) in [6, 6.07) is 15.9. The number of nitrogens with zero attached hydrogens (tertiary/aromatic N) is 2. The average Bonchev–Trinajstić information content (AvgIpc) is 3.27. The van der Waals surface area contributed by atoms with Crippen molar-refractivity contribution >= 4 is 71.6 Å². The molecule has 0 atom stereocenters. The Balaban J connectivity index is 1.36. The first-order valence-electron chi connectivity index (χ1n) is 7.67. The van der Waals surface area contributed by atoms with Gasteiger partial charge < -0.3 is 5.32 Å². The number of para-hydroxylation sites is 1. The summed E-state index contributed by atoms with van der Waals surface area (Å²) in [7, 11) is 0. The number of nitrogens with one attached hydrogen (secondary N) is 1. The lowest BCUT2D eigenvalue weighted by Crippen LogP contribution is -2.13. The summed E-state index contributed by atoms with van der Waals surface area (Å²) >= 11 is 7.90. The molecule has 26 heavy (non-hydrogen) atoms. The monoisotopic (exact) mass is 461 g/mol. The van der Waals surface area contributed by atoms with E-state index in [0.29, 0.717) is 10.9 Å². The van der Waals surface area contributed by atoms with Crippen molar-refractivity contribution < 1.29 is 4.79 Å². The van der Waals surface area contributed by atoms with Crippen LogP contribution in [0.3, 0.4) is 0 Å². The van der Waals surface area contributed by atoms with Crippen LogP contribution in [0.25, 0.3) is 21.5 Å². The van der Waals surface area contributed by atoms with E-state index in [4.69, 9.17) is 0 Å². The Labute approximate surface area is 170 Å². The number of hydrogen-bond acceptors (Lipinski definition) is 6. The van der Waals surface area contributed by atoms with Crippen LogP contribution in [0.4, 0.5) is 5.13 Å². The standard InChI is InChI=1S/C18H12BrN3OS3/c19-12-7-5-11(6-8-12)14-9-24-17(20-14)22-16(23)10-25-18-21-13-3-1-2-4-15(13)26-18/h1-9H,10H2,(H,20,22,23). The molecule has 0 aliphatic carbocycles. The van der Waals surface area contributed by atoms with E-state index >= 15 is 0 Å². The van der Waals surface area contributed by atoms with Crippen LogP contribution in [0.1, 0.15) is 0 Å². The zero-order valence-corrected chi connectivity index (χ0v) is 17.3. The van der Waals surface area contributed by atoms with Crippen LogP contribution in [-0.2, 0) is 4.79 Å². The van der Waals surface area contributed by atoms with Gasteiger partial charge in [-0.25, -0.2) is 9.97 Å². The van der Waals surface area contributed by atoms with E-state index in [-0.39, 0.29) is 5.91 Å². The van der Waals surface area contributed by atoms with E-state index in [1.54, 1.807) is 11.3 Å². The van der Waals surface area contributed by atoms with Gasteiger partial charge in [0.05, 0.1) is 21.7 Å². The number of fused-ring (bicyclic) bond motifs is 1.